The lowest BCUT2D eigenvalue weighted by atomic mass is 9.87. The zero-order valence-electron chi connectivity index (χ0n) is 9.85. The van der Waals surface area contributed by atoms with Gasteiger partial charge in [0.15, 0.2) is 0 Å². The molecule has 0 bridgehead atoms. The number of hydrogen-bond acceptors (Lipinski definition) is 1. The van der Waals surface area contributed by atoms with Crippen LogP contribution in [0.4, 0.5) is 0 Å². The first kappa shape index (κ1) is 13.3. The minimum atomic E-state index is -0.475. The van der Waals surface area contributed by atoms with Crippen molar-refractivity contribution in [1.29, 1.82) is 0 Å². The van der Waals surface area contributed by atoms with Crippen molar-refractivity contribution < 1.29 is 5.11 Å². The molecule has 1 unspecified atom stereocenters. The highest BCUT2D eigenvalue weighted by Gasteiger charge is 2.10. The minimum Gasteiger partial charge on any atom is -0.380 e. The molecule has 0 spiro atoms. The summed E-state index contributed by atoms with van der Waals surface area (Å²) in [5.74, 6) is 5.75. The van der Waals surface area contributed by atoms with Crippen molar-refractivity contribution in [3.63, 3.8) is 0 Å². The van der Waals surface area contributed by atoms with Crippen LogP contribution in [0.5, 0.6) is 0 Å². The second-order valence-corrected chi connectivity index (χ2v) is 4.91. The van der Waals surface area contributed by atoms with Crippen LogP contribution >= 0.6 is 0 Å². The number of hydrogen-bond donors (Lipinski definition) is 1. The number of allylic oxidation sites excluding steroid dienone is 1. The molecular formula is C13H22O. The van der Waals surface area contributed by atoms with Crippen LogP contribution in [-0.2, 0) is 0 Å². The van der Waals surface area contributed by atoms with E-state index >= 15 is 0 Å². The third kappa shape index (κ3) is 7.89. The Morgan fingerprint density at radius 2 is 2.00 bits per heavy atom. The Morgan fingerprint density at radius 3 is 2.43 bits per heavy atom. The first-order valence-electron chi connectivity index (χ1n) is 5.18. The van der Waals surface area contributed by atoms with Crippen LogP contribution in [0.15, 0.2) is 12.2 Å². The molecule has 0 radical (unpaired) electrons. The molecule has 0 aliphatic heterocycles. The molecule has 0 fully saturated rings. The molecule has 1 N–H and O–H groups in total. The van der Waals surface area contributed by atoms with Gasteiger partial charge in [-0.15, -0.1) is 0 Å². The predicted octanol–water partition coefficient (Wildman–Crippen LogP) is 3.14. The molecule has 0 aliphatic carbocycles. The molecule has 0 saturated heterocycles. The Balaban J connectivity index is 3.89. The maximum absolute atomic E-state index is 9.20. The summed E-state index contributed by atoms with van der Waals surface area (Å²) in [6.45, 7) is 12.5. The predicted molar refractivity (Wildman–Crippen MR) is 61.9 cm³/mol. The standard InChI is InChI=1S/C13H22O/c1-6-12(14)9-7-8-11(2)10-13(3,4)5/h12,14H,2,6,8,10H2,1,3-5H3. The summed E-state index contributed by atoms with van der Waals surface area (Å²) in [6, 6.07) is 0. The van der Waals surface area contributed by atoms with Gasteiger partial charge in [-0.2, -0.15) is 0 Å². The molecule has 1 atom stereocenters. The zero-order valence-corrected chi connectivity index (χ0v) is 9.85. The van der Waals surface area contributed by atoms with Crippen LogP contribution in [0.3, 0.4) is 0 Å². The summed E-state index contributed by atoms with van der Waals surface area (Å²) >= 11 is 0. The molecule has 0 amide bonds. The fourth-order valence-electron chi connectivity index (χ4n) is 1.21. The van der Waals surface area contributed by atoms with Gasteiger partial charge in [-0.1, -0.05) is 51.7 Å². The van der Waals surface area contributed by atoms with Gasteiger partial charge in [0.05, 0.1) is 0 Å². The van der Waals surface area contributed by atoms with Gasteiger partial charge in [-0.3, -0.25) is 0 Å². The molecular weight excluding hydrogens is 172 g/mol. The van der Waals surface area contributed by atoms with Crippen LogP contribution in [0.2, 0.25) is 0 Å². The number of aliphatic hydroxyl groups is 1. The van der Waals surface area contributed by atoms with Crippen molar-refractivity contribution in [3.8, 4) is 11.8 Å². The van der Waals surface area contributed by atoms with E-state index in [2.05, 4.69) is 39.2 Å². The molecule has 0 saturated carbocycles. The minimum absolute atomic E-state index is 0.280. The molecule has 80 valence electrons. The fraction of sp³-hybridized carbons (Fsp3) is 0.692. The van der Waals surface area contributed by atoms with Gasteiger partial charge in [-0.25, -0.2) is 0 Å². The van der Waals surface area contributed by atoms with Crippen LogP contribution in [0.25, 0.3) is 0 Å². The van der Waals surface area contributed by atoms with Gasteiger partial charge in [0.2, 0.25) is 0 Å². The first-order valence-corrected chi connectivity index (χ1v) is 5.18. The normalized spacial score (nSPS) is 12.9. The highest BCUT2D eigenvalue weighted by atomic mass is 16.3. The Kier molecular flexibility index (Phi) is 5.57. The second-order valence-electron chi connectivity index (χ2n) is 4.91. The molecule has 0 heterocycles. The van der Waals surface area contributed by atoms with Crippen molar-refractivity contribution in [2.75, 3.05) is 0 Å². The van der Waals surface area contributed by atoms with E-state index in [0.717, 1.165) is 12.0 Å². The van der Waals surface area contributed by atoms with Gasteiger partial charge in [0, 0.05) is 6.42 Å². The first-order chi connectivity index (χ1) is 6.35. The summed E-state index contributed by atoms with van der Waals surface area (Å²) in [5, 5.41) is 9.20. The molecule has 0 aromatic rings. The highest BCUT2D eigenvalue weighted by molar-refractivity contribution is 5.13. The van der Waals surface area contributed by atoms with Crippen molar-refractivity contribution in [2.45, 2.75) is 53.1 Å². The Hall–Kier alpha value is -0.740. The van der Waals surface area contributed by atoms with Gasteiger partial charge in [-0.05, 0) is 18.3 Å². The van der Waals surface area contributed by atoms with Crippen LogP contribution < -0.4 is 0 Å². The lowest BCUT2D eigenvalue weighted by Gasteiger charge is -2.18. The van der Waals surface area contributed by atoms with Crippen LogP contribution in [-0.4, -0.2) is 11.2 Å². The Bertz CT molecular complexity index is 234. The van der Waals surface area contributed by atoms with Gasteiger partial charge < -0.3 is 5.11 Å². The van der Waals surface area contributed by atoms with Crippen LogP contribution in [0.1, 0.15) is 47.0 Å². The molecule has 1 nitrogen and oxygen atoms in total. The highest BCUT2D eigenvalue weighted by Crippen LogP contribution is 2.24. The Labute approximate surface area is 88.2 Å². The van der Waals surface area contributed by atoms with E-state index < -0.39 is 6.10 Å². The summed E-state index contributed by atoms with van der Waals surface area (Å²) in [5.41, 5.74) is 1.43. The average molecular weight is 194 g/mol. The lowest BCUT2D eigenvalue weighted by Crippen LogP contribution is -2.05. The van der Waals surface area contributed by atoms with Gasteiger partial charge >= 0.3 is 0 Å². The molecule has 0 rings (SSSR count). The monoisotopic (exact) mass is 194 g/mol. The van der Waals surface area contributed by atoms with Crippen molar-refractivity contribution in [3.05, 3.63) is 12.2 Å². The van der Waals surface area contributed by atoms with E-state index in [1.54, 1.807) is 0 Å². The second kappa shape index (κ2) is 5.88. The van der Waals surface area contributed by atoms with E-state index in [1.807, 2.05) is 6.92 Å². The van der Waals surface area contributed by atoms with Crippen molar-refractivity contribution >= 4 is 0 Å². The van der Waals surface area contributed by atoms with Crippen molar-refractivity contribution in [2.24, 2.45) is 5.41 Å². The molecule has 1 heteroatoms. The maximum atomic E-state index is 9.20. The average Bonchev–Trinajstić information content (AvgIpc) is 2.00. The fourth-order valence-corrected chi connectivity index (χ4v) is 1.21. The molecule has 0 aromatic heterocycles. The molecule has 14 heavy (non-hydrogen) atoms. The van der Waals surface area contributed by atoms with Crippen molar-refractivity contribution in [1.82, 2.24) is 0 Å². The maximum Gasteiger partial charge on any atom is 0.114 e. The van der Waals surface area contributed by atoms with Gasteiger partial charge in [0.1, 0.15) is 6.10 Å². The number of aliphatic hydroxyl groups excluding tert-OH is 1. The largest absolute Gasteiger partial charge is 0.380 e. The SMILES string of the molecule is C=C(CC#CC(O)CC)CC(C)(C)C. The quantitative estimate of drug-likeness (QED) is 0.540. The third-order valence-electron chi connectivity index (χ3n) is 1.77. The van der Waals surface area contributed by atoms with E-state index in [-0.39, 0.29) is 5.41 Å². The molecule has 0 aliphatic rings. The van der Waals surface area contributed by atoms with E-state index in [4.69, 9.17) is 0 Å². The summed E-state index contributed by atoms with van der Waals surface area (Å²) in [4.78, 5) is 0. The smallest absolute Gasteiger partial charge is 0.114 e. The van der Waals surface area contributed by atoms with E-state index in [0.29, 0.717) is 12.8 Å². The molecule has 0 aromatic carbocycles. The zero-order chi connectivity index (χ0) is 11.2. The number of rotatable bonds is 3. The summed E-state index contributed by atoms with van der Waals surface area (Å²) < 4.78 is 0. The topological polar surface area (TPSA) is 20.2 Å². The Morgan fingerprint density at radius 1 is 1.43 bits per heavy atom. The summed E-state index contributed by atoms with van der Waals surface area (Å²) in [7, 11) is 0. The lowest BCUT2D eigenvalue weighted by molar-refractivity contribution is 0.228. The third-order valence-corrected chi connectivity index (χ3v) is 1.77. The van der Waals surface area contributed by atoms with E-state index in [9.17, 15) is 5.11 Å². The van der Waals surface area contributed by atoms with Gasteiger partial charge in [0.25, 0.3) is 0 Å². The van der Waals surface area contributed by atoms with Crippen LogP contribution in [0, 0.1) is 17.3 Å². The summed E-state index contributed by atoms with van der Waals surface area (Å²) in [6.07, 6.45) is 1.91. The van der Waals surface area contributed by atoms with E-state index in [1.165, 1.54) is 0 Å².